The van der Waals surface area contributed by atoms with E-state index in [4.69, 9.17) is 5.73 Å². The summed E-state index contributed by atoms with van der Waals surface area (Å²) in [5.74, 6) is -0.796. The van der Waals surface area contributed by atoms with E-state index in [0.717, 1.165) is 6.07 Å². The lowest BCUT2D eigenvalue weighted by Crippen LogP contribution is -2.56. The normalized spacial score (nSPS) is 25.2. The van der Waals surface area contributed by atoms with Crippen LogP contribution in [0.2, 0.25) is 0 Å². The molecular weight excluding hydrogens is 361 g/mol. The molecule has 2 atom stereocenters. The van der Waals surface area contributed by atoms with Crippen LogP contribution in [0.15, 0.2) is 21.5 Å². The molecule has 0 aliphatic carbocycles. The van der Waals surface area contributed by atoms with Crippen LogP contribution in [0, 0.1) is 5.82 Å². The van der Waals surface area contributed by atoms with E-state index in [0.29, 0.717) is 17.6 Å². The van der Waals surface area contributed by atoms with Gasteiger partial charge in [-0.2, -0.15) is 4.31 Å². The number of hydrogen-bond acceptors (Lipinski definition) is 4. The average Bonchev–Trinajstić information content (AvgIpc) is 2.39. The Labute approximate surface area is 133 Å². The first-order valence-electron chi connectivity index (χ1n) is 6.61. The molecule has 0 bridgehead atoms. The van der Waals surface area contributed by atoms with Crippen molar-refractivity contribution < 1.29 is 12.8 Å². The molecule has 2 N–H and O–H groups in total. The van der Waals surface area contributed by atoms with Gasteiger partial charge < -0.3 is 5.73 Å². The van der Waals surface area contributed by atoms with Crippen molar-refractivity contribution in [2.45, 2.75) is 30.8 Å². The van der Waals surface area contributed by atoms with Crippen LogP contribution in [0.25, 0.3) is 0 Å². The first kappa shape index (κ1) is 16.7. The molecule has 21 heavy (non-hydrogen) atoms. The molecule has 8 heteroatoms. The Morgan fingerprint density at radius 2 is 1.81 bits per heavy atom. The predicted molar refractivity (Wildman–Crippen MR) is 84.0 cm³/mol. The summed E-state index contributed by atoms with van der Waals surface area (Å²) in [6.07, 6.45) is 0. The smallest absolute Gasteiger partial charge is 0.246 e. The summed E-state index contributed by atoms with van der Waals surface area (Å²) in [7, 11) is -1.93. The van der Waals surface area contributed by atoms with Crippen LogP contribution in [0.4, 0.5) is 10.1 Å². The maximum absolute atomic E-state index is 14.1. The van der Waals surface area contributed by atoms with Gasteiger partial charge in [-0.15, -0.1) is 0 Å². The average molecular weight is 380 g/mol. The standard InChI is InChI=1S/C13H19BrFN3O2S/c1-8-6-18(7-9(2)17(8)3)21(19,20)13-5-12(16)10(14)4-11(13)15/h4-5,8-9H,6-7,16H2,1-3H3. The molecule has 118 valence electrons. The minimum absolute atomic E-state index is 0.0689. The van der Waals surface area contributed by atoms with Crippen LogP contribution in [0.3, 0.4) is 0 Å². The molecule has 0 radical (unpaired) electrons. The van der Waals surface area contributed by atoms with E-state index in [9.17, 15) is 12.8 Å². The molecule has 1 heterocycles. The van der Waals surface area contributed by atoms with Crippen LogP contribution < -0.4 is 5.73 Å². The van der Waals surface area contributed by atoms with Crippen LogP contribution >= 0.6 is 15.9 Å². The zero-order chi connectivity index (χ0) is 15.9. The minimum Gasteiger partial charge on any atom is -0.398 e. The number of anilines is 1. The lowest BCUT2D eigenvalue weighted by atomic mass is 10.1. The molecule has 1 fully saturated rings. The topological polar surface area (TPSA) is 66.6 Å². The highest BCUT2D eigenvalue weighted by molar-refractivity contribution is 9.10. The summed E-state index contributed by atoms with van der Waals surface area (Å²) in [6.45, 7) is 4.56. The Morgan fingerprint density at radius 1 is 1.29 bits per heavy atom. The van der Waals surface area contributed by atoms with E-state index < -0.39 is 15.8 Å². The predicted octanol–water partition coefficient (Wildman–Crippen LogP) is 1.88. The lowest BCUT2D eigenvalue weighted by molar-refractivity contribution is 0.105. The molecular formula is C13H19BrFN3O2S. The Hall–Kier alpha value is -0.700. The SMILES string of the molecule is CC1CN(S(=O)(=O)c2cc(N)c(Br)cc2F)CC(C)N1C. The first-order valence-corrected chi connectivity index (χ1v) is 8.84. The largest absolute Gasteiger partial charge is 0.398 e. The molecule has 1 saturated heterocycles. The molecule has 1 aromatic rings. The number of hydrogen-bond donors (Lipinski definition) is 1. The fourth-order valence-corrected chi connectivity index (χ4v) is 4.43. The van der Waals surface area contributed by atoms with Gasteiger partial charge >= 0.3 is 0 Å². The number of rotatable bonds is 2. The van der Waals surface area contributed by atoms with Crippen molar-refractivity contribution in [2.24, 2.45) is 0 Å². The van der Waals surface area contributed by atoms with Gasteiger partial charge in [0.1, 0.15) is 10.7 Å². The van der Waals surface area contributed by atoms with Crippen LogP contribution in [0.5, 0.6) is 0 Å². The van der Waals surface area contributed by atoms with E-state index in [-0.39, 0.29) is 22.7 Å². The number of nitrogens with two attached hydrogens (primary N) is 1. The fraction of sp³-hybridized carbons (Fsp3) is 0.538. The fourth-order valence-electron chi connectivity index (χ4n) is 2.43. The molecule has 0 saturated carbocycles. The summed E-state index contributed by atoms with van der Waals surface area (Å²) in [6, 6.07) is 2.40. The number of nitrogen functional groups attached to an aromatic ring is 1. The molecule has 5 nitrogen and oxygen atoms in total. The Kier molecular flexibility index (Phi) is 4.63. The van der Waals surface area contributed by atoms with Gasteiger partial charge in [-0.05, 0) is 49.0 Å². The molecule has 0 spiro atoms. The minimum atomic E-state index is -3.89. The monoisotopic (exact) mass is 379 g/mol. The van der Waals surface area contributed by atoms with E-state index >= 15 is 0 Å². The summed E-state index contributed by atoms with van der Waals surface area (Å²) in [5, 5.41) is 0. The second-order valence-electron chi connectivity index (χ2n) is 5.49. The second-order valence-corrected chi connectivity index (χ2v) is 8.25. The van der Waals surface area contributed by atoms with Crippen LogP contribution in [-0.4, -0.2) is 49.8 Å². The highest BCUT2D eigenvalue weighted by atomic mass is 79.9. The van der Waals surface area contributed by atoms with E-state index in [1.807, 2.05) is 20.9 Å². The highest BCUT2D eigenvalue weighted by Crippen LogP contribution is 2.29. The summed E-state index contributed by atoms with van der Waals surface area (Å²) >= 11 is 3.09. The third-order valence-electron chi connectivity index (χ3n) is 4.00. The lowest BCUT2D eigenvalue weighted by Gasteiger charge is -2.41. The van der Waals surface area contributed by atoms with Gasteiger partial charge in [0.2, 0.25) is 10.0 Å². The van der Waals surface area contributed by atoms with Gasteiger partial charge in [-0.3, -0.25) is 4.90 Å². The summed E-state index contributed by atoms with van der Waals surface area (Å²) < 4.78 is 41.1. The summed E-state index contributed by atoms with van der Waals surface area (Å²) in [4.78, 5) is 1.74. The number of nitrogens with zero attached hydrogens (tertiary/aromatic N) is 2. The second kappa shape index (κ2) is 5.83. The molecule has 1 aliphatic heterocycles. The Bertz CT molecular complexity index is 641. The number of piperazine rings is 1. The zero-order valence-electron chi connectivity index (χ0n) is 12.2. The highest BCUT2D eigenvalue weighted by Gasteiger charge is 2.36. The summed E-state index contributed by atoms with van der Waals surface area (Å²) in [5.41, 5.74) is 5.89. The maximum Gasteiger partial charge on any atom is 0.246 e. The van der Waals surface area contributed by atoms with E-state index in [2.05, 4.69) is 20.8 Å². The molecule has 0 amide bonds. The van der Waals surface area contributed by atoms with Crippen molar-refractivity contribution >= 4 is 31.6 Å². The van der Waals surface area contributed by atoms with Gasteiger partial charge in [0.25, 0.3) is 0 Å². The van der Waals surface area contributed by atoms with Crippen molar-refractivity contribution in [2.75, 3.05) is 25.9 Å². The van der Waals surface area contributed by atoms with Gasteiger partial charge in [0.05, 0.1) is 0 Å². The Balaban J connectivity index is 2.41. The molecule has 1 aliphatic rings. The van der Waals surface area contributed by atoms with Gasteiger partial charge in [0.15, 0.2) is 0 Å². The molecule has 1 aromatic carbocycles. The zero-order valence-corrected chi connectivity index (χ0v) is 14.6. The Morgan fingerprint density at radius 3 is 2.33 bits per heavy atom. The van der Waals surface area contributed by atoms with Crippen molar-refractivity contribution in [3.05, 3.63) is 22.4 Å². The molecule has 0 aromatic heterocycles. The third kappa shape index (κ3) is 3.08. The van der Waals surface area contributed by atoms with Gasteiger partial charge in [0, 0.05) is 35.3 Å². The van der Waals surface area contributed by atoms with E-state index in [1.54, 1.807) is 0 Å². The molecule has 2 unspecified atom stereocenters. The van der Waals surface area contributed by atoms with Crippen molar-refractivity contribution in [3.63, 3.8) is 0 Å². The number of halogens is 2. The van der Waals surface area contributed by atoms with E-state index in [1.165, 1.54) is 10.4 Å². The number of sulfonamides is 1. The first-order chi connectivity index (χ1) is 9.64. The van der Waals surface area contributed by atoms with Gasteiger partial charge in [-0.25, -0.2) is 12.8 Å². The number of benzene rings is 1. The van der Waals surface area contributed by atoms with Gasteiger partial charge in [-0.1, -0.05) is 0 Å². The molecule has 2 rings (SSSR count). The van der Waals surface area contributed by atoms with Crippen molar-refractivity contribution in [1.82, 2.24) is 9.21 Å². The quantitative estimate of drug-likeness (QED) is 0.796. The maximum atomic E-state index is 14.1. The van der Waals surface area contributed by atoms with Crippen LogP contribution in [-0.2, 0) is 10.0 Å². The van der Waals surface area contributed by atoms with Crippen molar-refractivity contribution in [3.8, 4) is 0 Å². The number of likely N-dealkylation sites (N-methyl/N-ethyl adjacent to an activating group) is 1. The third-order valence-corrected chi connectivity index (χ3v) is 6.53. The van der Waals surface area contributed by atoms with Crippen LogP contribution in [0.1, 0.15) is 13.8 Å². The van der Waals surface area contributed by atoms with Crippen molar-refractivity contribution in [1.29, 1.82) is 0 Å².